The number of benzene rings is 1. The summed E-state index contributed by atoms with van der Waals surface area (Å²) in [6, 6.07) is 7.64. The number of aromatic amines is 1. The van der Waals surface area contributed by atoms with Crippen LogP contribution >= 0.6 is 0 Å². The standard InChI is InChI=1S/C13H13N5O/c14-6-5-11-17-9-3-1-2-4-10(9)18(11)12-13(19)16-8-7-15-12/h1-4,7-8H,5-6,14H2,(H,16,19). The fourth-order valence-electron chi connectivity index (χ4n) is 2.11. The van der Waals surface area contributed by atoms with E-state index in [0.717, 1.165) is 16.9 Å². The first kappa shape index (κ1) is 11.6. The van der Waals surface area contributed by atoms with Gasteiger partial charge < -0.3 is 10.7 Å². The van der Waals surface area contributed by atoms with Gasteiger partial charge in [0.05, 0.1) is 11.0 Å². The Balaban J connectivity index is 2.35. The molecule has 0 aliphatic heterocycles. The third-order valence-electron chi connectivity index (χ3n) is 2.90. The Morgan fingerprint density at radius 2 is 2.16 bits per heavy atom. The number of imidazole rings is 1. The van der Waals surface area contributed by atoms with Crippen molar-refractivity contribution in [2.24, 2.45) is 5.73 Å². The molecule has 3 aromatic rings. The molecule has 0 spiro atoms. The van der Waals surface area contributed by atoms with Crippen LogP contribution in [0.4, 0.5) is 0 Å². The molecule has 6 nitrogen and oxygen atoms in total. The number of hydrogen-bond donors (Lipinski definition) is 2. The van der Waals surface area contributed by atoms with Crippen molar-refractivity contribution in [3.63, 3.8) is 0 Å². The minimum Gasteiger partial charge on any atom is -0.330 e. The normalized spacial score (nSPS) is 11.0. The van der Waals surface area contributed by atoms with Crippen molar-refractivity contribution in [3.8, 4) is 5.82 Å². The molecule has 0 bridgehead atoms. The summed E-state index contributed by atoms with van der Waals surface area (Å²) in [5, 5.41) is 0. The third-order valence-corrected chi connectivity index (χ3v) is 2.90. The van der Waals surface area contributed by atoms with Crippen LogP contribution in [0, 0.1) is 0 Å². The van der Waals surface area contributed by atoms with Crippen LogP contribution in [0.3, 0.4) is 0 Å². The van der Waals surface area contributed by atoms with Gasteiger partial charge in [-0.2, -0.15) is 0 Å². The maximum atomic E-state index is 11.9. The zero-order chi connectivity index (χ0) is 13.2. The molecule has 0 radical (unpaired) electrons. The van der Waals surface area contributed by atoms with E-state index in [1.54, 1.807) is 10.8 Å². The van der Waals surface area contributed by atoms with E-state index in [2.05, 4.69) is 15.0 Å². The lowest BCUT2D eigenvalue weighted by atomic mass is 10.3. The first-order valence-corrected chi connectivity index (χ1v) is 6.02. The maximum absolute atomic E-state index is 11.9. The molecule has 0 amide bonds. The molecule has 96 valence electrons. The number of rotatable bonds is 3. The molecule has 0 aliphatic carbocycles. The first-order valence-electron chi connectivity index (χ1n) is 6.02. The lowest BCUT2D eigenvalue weighted by molar-refractivity contribution is 0.824. The fraction of sp³-hybridized carbons (Fsp3) is 0.154. The van der Waals surface area contributed by atoms with Crippen molar-refractivity contribution in [3.05, 3.63) is 52.8 Å². The van der Waals surface area contributed by atoms with Gasteiger partial charge in [-0.05, 0) is 18.7 Å². The van der Waals surface area contributed by atoms with Crippen LogP contribution in [0.1, 0.15) is 5.82 Å². The van der Waals surface area contributed by atoms with Gasteiger partial charge in [0.25, 0.3) is 5.56 Å². The molecule has 2 heterocycles. The molecule has 1 aromatic carbocycles. The number of nitrogens with two attached hydrogens (primary N) is 1. The van der Waals surface area contributed by atoms with E-state index in [1.807, 2.05) is 24.3 Å². The van der Waals surface area contributed by atoms with E-state index in [9.17, 15) is 4.79 Å². The van der Waals surface area contributed by atoms with Crippen LogP contribution in [0.5, 0.6) is 0 Å². The van der Waals surface area contributed by atoms with Gasteiger partial charge in [-0.3, -0.25) is 9.36 Å². The summed E-state index contributed by atoms with van der Waals surface area (Å²) >= 11 is 0. The smallest absolute Gasteiger partial charge is 0.291 e. The summed E-state index contributed by atoms with van der Waals surface area (Å²) in [6.07, 6.45) is 3.65. The minimum absolute atomic E-state index is 0.246. The second-order valence-corrected chi connectivity index (χ2v) is 4.13. The van der Waals surface area contributed by atoms with E-state index in [4.69, 9.17) is 5.73 Å². The van der Waals surface area contributed by atoms with Crippen LogP contribution in [0.2, 0.25) is 0 Å². The predicted octanol–water partition coefficient (Wildman–Crippen LogP) is 0.610. The van der Waals surface area contributed by atoms with Crippen molar-refractivity contribution in [2.75, 3.05) is 6.54 Å². The van der Waals surface area contributed by atoms with Crippen LogP contribution in [0.15, 0.2) is 41.5 Å². The Labute approximate surface area is 108 Å². The molecule has 0 aliphatic rings. The highest BCUT2D eigenvalue weighted by molar-refractivity contribution is 5.77. The Kier molecular flexibility index (Phi) is 2.85. The van der Waals surface area contributed by atoms with Gasteiger partial charge in [-0.25, -0.2) is 9.97 Å². The van der Waals surface area contributed by atoms with Crippen molar-refractivity contribution in [1.82, 2.24) is 19.5 Å². The quantitative estimate of drug-likeness (QED) is 0.717. The van der Waals surface area contributed by atoms with E-state index in [-0.39, 0.29) is 5.56 Å². The van der Waals surface area contributed by atoms with Gasteiger partial charge in [0.2, 0.25) is 5.82 Å². The van der Waals surface area contributed by atoms with E-state index < -0.39 is 0 Å². The first-order chi connectivity index (χ1) is 9.31. The monoisotopic (exact) mass is 255 g/mol. The van der Waals surface area contributed by atoms with Crippen molar-refractivity contribution < 1.29 is 0 Å². The van der Waals surface area contributed by atoms with Crippen molar-refractivity contribution >= 4 is 11.0 Å². The topological polar surface area (TPSA) is 89.6 Å². The summed E-state index contributed by atoms with van der Waals surface area (Å²) in [7, 11) is 0. The highest BCUT2D eigenvalue weighted by Crippen LogP contribution is 2.18. The number of nitrogens with zero attached hydrogens (tertiary/aromatic N) is 3. The van der Waals surface area contributed by atoms with E-state index >= 15 is 0 Å². The molecule has 0 saturated heterocycles. The zero-order valence-corrected chi connectivity index (χ0v) is 10.2. The summed E-state index contributed by atoms with van der Waals surface area (Å²) in [6.45, 7) is 0.466. The summed E-state index contributed by atoms with van der Waals surface area (Å²) in [4.78, 5) is 23.2. The van der Waals surface area contributed by atoms with Gasteiger partial charge in [-0.15, -0.1) is 0 Å². The van der Waals surface area contributed by atoms with Gasteiger partial charge >= 0.3 is 0 Å². The van der Waals surface area contributed by atoms with Gasteiger partial charge in [0.15, 0.2) is 0 Å². The minimum atomic E-state index is -0.246. The van der Waals surface area contributed by atoms with Gasteiger partial charge in [0, 0.05) is 18.8 Å². The Hall–Kier alpha value is -2.47. The third kappa shape index (κ3) is 1.92. The molecular weight excluding hydrogens is 242 g/mol. The number of aromatic nitrogens is 4. The summed E-state index contributed by atoms with van der Waals surface area (Å²) in [5.41, 5.74) is 7.05. The highest BCUT2D eigenvalue weighted by Gasteiger charge is 2.14. The molecule has 0 saturated carbocycles. The lowest BCUT2D eigenvalue weighted by Crippen LogP contribution is -2.19. The number of hydrogen-bond acceptors (Lipinski definition) is 4. The second kappa shape index (κ2) is 4.66. The van der Waals surface area contributed by atoms with Gasteiger partial charge in [-0.1, -0.05) is 12.1 Å². The van der Waals surface area contributed by atoms with Crippen LogP contribution in [-0.2, 0) is 6.42 Å². The average molecular weight is 255 g/mol. The molecule has 0 unspecified atom stereocenters. The Bertz CT molecular complexity index is 774. The SMILES string of the molecule is NCCc1nc2ccccc2n1-c1ncc[nH]c1=O. The second-order valence-electron chi connectivity index (χ2n) is 4.13. The molecule has 2 aromatic heterocycles. The molecule has 3 rings (SSSR count). The van der Waals surface area contributed by atoms with Crippen LogP contribution in [-0.4, -0.2) is 26.1 Å². The molecule has 0 atom stereocenters. The predicted molar refractivity (Wildman–Crippen MR) is 72.2 cm³/mol. The van der Waals surface area contributed by atoms with Crippen LogP contribution < -0.4 is 11.3 Å². The maximum Gasteiger partial charge on any atom is 0.291 e. The fourth-order valence-corrected chi connectivity index (χ4v) is 2.11. The van der Waals surface area contributed by atoms with Crippen molar-refractivity contribution in [2.45, 2.75) is 6.42 Å². The number of para-hydroxylation sites is 2. The van der Waals surface area contributed by atoms with Gasteiger partial charge in [0.1, 0.15) is 5.82 Å². The van der Waals surface area contributed by atoms with Crippen molar-refractivity contribution in [1.29, 1.82) is 0 Å². The largest absolute Gasteiger partial charge is 0.330 e. The molecular formula is C13H13N5O. The number of nitrogens with one attached hydrogen (secondary N) is 1. The summed E-state index contributed by atoms with van der Waals surface area (Å²) < 4.78 is 1.76. The Morgan fingerprint density at radius 3 is 2.95 bits per heavy atom. The highest BCUT2D eigenvalue weighted by atomic mass is 16.1. The molecule has 19 heavy (non-hydrogen) atoms. The number of fused-ring (bicyclic) bond motifs is 1. The molecule has 3 N–H and O–H groups in total. The molecule has 6 heteroatoms. The Morgan fingerprint density at radius 1 is 1.32 bits per heavy atom. The number of H-pyrrole nitrogens is 1. The van der Waals surface area contributed by atoms with E-state index in [0.29, 0.717) is 18.8 Å². The van der Waals surface area contributed by atoms with E-state index in [1.165, 1.54) is 6.20 Å². The average Bonchev–Trinajstić information content (AvgIpc) is 2.78. The summed E-state index contributed by atoms with van der Waals surface area (Å²) in [5.74, 6) is 1.06. The van der Waals surface area contributed by atoms with Crippen LogP contribution in [0.25, 0.3) is 16.9 Å². The molecule has 0 fully saturated rings. The lowest BCUT2D eigenvalue weighted by Gasteiger charge is -2.06. The zero-order valence-electron chi connectivity index (χ0n) is 10.2.